The van der Waals surface area contributed by atoms with Crippen molar-refractivity contribution in [1.29, 1.82) is 0 Å². The number of nitrogens with zero attached hydrogens (tertiary/aromatic N) is 2. The summed E-state index contributed by atoms with van der Waals surface area (Å²) in [5.74, 6) is 0. The number of rotatable bonds is 13. The van der Waals surface area contributed by atoms with Gasteiger partial charge in [0.2, 0.25) is 10.0 Å². The molecule has 0 aliphatic rings. The highest BCUT2D eigenvalue weighted by Gasteiger charge is 2.45. The monoisotopic (exact) mass is 484 g/mol. The number of hydrogen-bond acceptors (Lipinski definition) is 4. The predicted octanol–water partition coefficient (Wildman–Crippen LogP) is 6.51. The summed E-state index contributed by atoms with van der Waals surface area (Å²) in [6.45, 7) is 15.9. The van der Waals surface area contributed by atoms with Gasteiger partial charge in [-0.2, -0.15) is 4.31 Å². The van der Waals surface area contributed by atoms with Crippen molar-refractivity contribution in [1.82, 2.24) is 4.31 Å². The Hall–Kier alpha value is -0.893. The van der Waals surface area contributed by atoms with Crippen molar-refractivity contribution in [2.45, 2.75) is 102 Å². The largest absolute Gasteiger partial charge is 0.415 e. The van der Waals surface area contributed by atoms with Crippen LogP contribution in [0.15, 0.2) is 29.2 Å². The van der Waals surface area contributed by atoms with E-state index in [-0.39, 0.29) is 5.04 Å². The first kappa shape index (κ1) is 29.1. The lowest BCUT2D eigenvalue weighted by Crippen LogP contribution is -2.55. The zero-order valence-corrected chi connectivity index (χ0v) is 24.1. The molecule has 32 heavy (non-hydrogen) atoms. The second-order valence-corrected chi connectivity index (χ2v) is 17.6. The van der Waals surface area contributed by atoms with Crippen molar-refractivity contribution in [2.24, 2.45) is 0 Å². The van der Waals surface area contributed by atoms with Crippen LogP contribution in [0.3, 0.4) is 0 Å². The SMILES string of the molecule is CCCCC(CCCC)(CO[Si](C)(C)C(C)(C)C)N(C)S(=O)(=O)c1ccc(N(C)C)cc1. The van der Waals surface area contributed by atoms with Crippen LogP contribution in [-0.4, -0.2) is 54.3 Å². The Morgan fingerprint density at radius 2 is 1.38 bits per heavy atom. The van der Waals surface area contributed by atoms with Crippen LogP contribution in [-0.2, 0) is 14.4 Å². The quantitative estimate of drug-likeness (QED) is 0.299. The third-order valence-corrected chi connectivity index (χ3v) is 13.6. The fourth-order valence-corrected chi connectivity index (χ4v) is 6.15. The van der Waals surface area contributed by atoms with E-state index in [1.807, 2.05) is 31.1 Å². The molecule has 1 rings (SSSR count). The second-order valence-electron chi connectivity index (χ2n) is 10.8. The van der Waals surface area contributed by atoms with Gasteiger partial charge in [-0.25, -0.2) is 8.42 Å². The first-order chi connectivity index (χ1) is 14.6. The molecule has 0 aliphatic heterocycles. The Morgan fingerprint density at radius 3 is 1.75 bits per heavy atom. The number of benzene rings is 1. The Labute approximate surface area is 199 Å². The Morgan fingerprint density at radius 1 is 0.906 bits per heavy atom. The zero-order valence-electron chi connectivity index (χ0n) is 22.3. The molecule has 0 atom stereocenters. The van der Waals surface area contributed by atoms with E-state index in [0.29, 0.717) is 11.5 Å². The molecule has 1 aromatic carbocycles. The van der Waals surface area contributed by atoms with E-state index in [1.165, 1.54) is 0 Å². The first-order valence-corrected chi connectivity index (χ1v) is 16.4. The van der Waals surface area contributed by atoms with Crippen LogP contribution in [0.2, 0.25) is 18.1 Å². The van der Waals surface area contributed by atoms with Crippen LogP contribution in [0, 0.1) is 0 Å². The lowest BCUT2D eigenvalue weighted by atomic mass is 9.88. The summed E-state index contributed by atoms with van der Waals surface area (Å²) in [5, 5.41) is 0.0771. The van der Waals surface area contributed by atoms with Gasteiger partial charge in [0.1, 0.15) is 0 Å². The van der Waals surface area contributed by atoms with Gasteiger partial charge in [-0.1, -0.05) is 60.3 Å². The van der Waals surface area contributed by atoms with Gasteiger partial charge >= 0.3 is 0 Å². The minimum Gasteiger partial charge on any atom is -0.415 e. The molecule has 0 aromatic heterocycles. The summed E-state index contributed by atoms with van der Waals surface area (Å²) in [6, 6.07) is 7.18. The lowest BCUT2D eigenvalue weighted by Gasteiger charge is -2.45. The fourth-order valence-electron chi connectivity index (χ4n) is 3.55. The van der Waals surface area contributed by atoms with Crippen molar-refractivity contribution in [3.63, 3.8) is 0 Å². The van der Waals surface area contributed by atoms with Crippen molar-refractivity contribution < 1.29 is 12.8 Å². The molecule has 0 bridgehead atoms. The molecular formula is C25H48N2O3SSi. The smallest absolute Gasteiger partial charge is 0.243 e. The van der Waals surface area contributed by atoms with Gasteiger partial charge in [0.15, 0.2) is 8.32 Å². The van der Waals surface area contributed by atoms with Crippen LogP contribution in [0.1, 0.15) is 73.1 Å². The molecule has 186 valence electrons. The average Bonchev–Trinajstić information content (AvgIpc) is 2.72. The van der Waals surface area contributed by atoms with E-state index < -0.39 is 23.9 Å². The molecule has 0 N–H and O–H groups in total. The Kier molecular flexibility index (Phi) is 10.5. The molecule has 0 saturated carbocycles. The van der Waals surface area contributed by atoms with Crippen LogP contribution < -0.4 is 4.90 Å². The summed E-state index contributed by atoms with van der Waals surface area (Å²) >= 11 is 0. The minimum absolute atomic E-state index is 0.0771. The fraction of sp³-hybridized carbons (Fsp3) is 0.760. The van der Waals surface area contributed by atoms with E-state index >= 15 is 0 Å². The molecule has 0 amide bonds. The highest BCUT2D eigenvalue weighted by molar-refractivity contribution is 7.89. The summed E-state index contributed by atoms with van der Waals surface area (Å²) in [7, 11) is -0.0124. The summed E-state index contributed by atoms with van der Waals surface area (Å²) < 4.78 is 35.9. The molecule has 0 aliphatic carbocycles. The first-order valence-electron chi connectivity index (χ1n) is 12.0. The number of sulfonamides is 1. The molecule has 0 spiro atoms. The Balaban J connectivity index is 3.41. The van der Waals surface area contributed by atoms with Crippen molar-refractivity contribution in [2.75, 3.05) is 32.6 Å². The molecule has 0 unspecified atom stereocenters. The Bertz CT molecular complexity index is 791. The maximum absolute atomic E-state index is 13.8. The van der Waals surface area contributed by atoms with Crippen molar-refractivity contribution in [3.8, 4) is 0 Å². The number of likely N-dealkylation sites (N-methyl/N-ethyl adjacent to an activating group) is 1. The highest BCUT2D eigenvalue weighted by atomic mass is 32.2. The van der Waals surface area contributed by atoms with Gasteiger partial charge in [0.25, 0.3) is 0 Å². The van der Waals surface area contributed by atoms with Crippen LogP contribution in [0.5, 0.6) is 0 Å². The van der Waals surface area contributed by atoms with Gasteiger partial charge in [0, 0.05) is 26.8 Å². The minimum atomic E-state index is -3.65. The number of anilines is 1. The van der Waals surface area contributed by atoms with Crippen LogP contribution >= 0.6 is 0 Å². The topological polar surface area (TPSA) is 49.9 Å². The van der Waals surface area contributed by atoms with Gasteiger partial charge < -0.3 is 9.33 Å². The molecule has 0 radical (unpaired) electrons. The van der Waals surface area contributed by atoms with Crippen molar-refractivity contribution in [3.05, 3.63) is 24.3 Å². The number of unbranched alkanes of at least 4 members (excludes halogenated alkanes) is 2. The van der Waals surface area contributed by atoms with Gasteiger partial charge in [-0.05, 0) is 55.2 Å². The predicted molar refractivity (Wildman–Crippen MR) is 141 cm³/mol. The van der Waals surface area contributed by atoms with Crippen molar-refractivity contribution >= 4 is 24.0 Å². The molecule has 1 aromatic rings. The lowest BCUT2D eigenvalue weighted by molar-refractivity contribution is 0.0895. The van der Waals surface area contributed by atoms with Gasteiger partial charge in [0.05, 0.1) is 17.0 Å². The zero-order chi connectivity index (χ0) is 24.8. The molecule has 0 fully saturated rings. The van der Waals surface area contributed by atoms with E-state index in [4.69, 9.17) is 4.43 Å². The molecule has 5 nitrogen and oxygen atoms in total. The number of hydrogen-bond donors (Lipinski definition) is 0. The molecule has 0 saturated heterocycles. The van der Waals surface area contributed by atoms with Gasteiger partial charge in [-0.15, -0.1) is 0 Å². The third-order valence-electron chi connectivity index (χ3n) is 7.18. The third kappa shape index (κ3) is 7.05. The van der Waals surface area contributed by atoms with Gasteiger partial charge in [-0.3, -0.25) is 0 Å². The molecular weight excluding hydrogens is 436 g/mol. The summed E-state index contributed by atoms with van der Waals surface area (Å²) in [6.07, 6.45) is 5.63. The summed E-state index contributed by atoms with van der Waals surface area (Å²) in [5.41, 5.74) is 0.441. The van der Waals surface area contributed by atoms with E-state index in [1.54, 1.807) is 23.5 Å². The average molecular weight is 485 g/mol. The normalized spacial score (nSPS) is 13.6. The maximum Gasteiger partial charge on any atom is 0.243 e. The van der Waals surface area contributed by atoms with E-state index in [9.17, 15) is 8.42 Å². The second kappa shape index (κ2) is 11.5. The standard InChI is InChI=1S/C25H48N2O3SSi/c1-11-13-19-25(20-14-12-2,21-30-32(9,10)24(3,4)5)27(8)31(28,29)23-17-15-22(16-18-23)26(6)7/h15-18H,11-14,19-21H2,1-10H3. The van der Waals surface area contributed by atoms with Crippen LogP contribution in [0.25, 0.3) is 0 Å². The highest BCUT2D eigenvalue weighted by Crippen LogP contribution is 2.40. The van der Waals surface area contributed by atoms with E-state index in [0.717, 1.165) is 44.2 Å². The molecule has 7 heteroatoms. The summed E-state index contributed by atoms with van der Waals surface area (Å²) in [4.78, 5) is 2.32. The van der Waals surface area contributed by atoms with E-state index in [2.05, 4.69) is 47.7 Å². The van der Waals surface area contributed by atoms with Crippen LogP contribution in [0.4, 0.5) is 5.69 Å². The maximum atomic E-state index is 13.8. The molecule has 0 heterocycles.